The lowest BCUT2D eigenvalue weighted by molar-refractivity contribution is -0.131. The molecule has 5 rings (SSSR count). The number of anilines is 1. The average Bonchev–Trinajstić information content (AvgIpc) is 3.18. The summed E-state index contributed by atoms with van der Waals surface area (Å²) >= 11 is 0. The van der Waals surface area contributed by atoms with E-state index in [2.05, 4.69) is 28.0 Å². The number of hydrogen-bond donors (Lipinski definition) is 3. The van der Waals surface area contributed by atoms with Crippen LogP contribution in [0.15, 0.2) is 66.7 Å². The van der Waals surface area contributed by atoms with E-state index in [1.807, 2.05) is 55.5 Å². The van der Waals surface area contributed by atoms with Crippen LogP contribution in [0.25, 0.3) is 17.2 Å². The van der Waals surface area contributed by atoms with Crippen LogP contribution in [-0.2, 0) is 4.79 Å². The second-order valence-corrected chi connectivity index (χ2v) is 8.76. The molecular weight excluding hydrogens is 429 g/mol. The van der Waals surface area contributed by atoms with Crippen molar-refractivity contribution >= 4 is 28.9 Å². The van der Waals surface area contributed by atoms with E-state index in [4.69, 9.17) is 5.11 Å². The molecule has 1 fully saturated rings. The fourth-order valence-electron chi connectivity index (χ4n) is 4.71. The molecule has 2 aliphatic rings. The molecule has 34 heavy (non-hydrogen) atoms. The zero-order chi connectivity index (χ0) is 23.7. The summed E-state index contributed by atoms with van der Waals surface area (Å²) in [6.07, 6.45) is 4.72. The summed E-state index contributed by atoms with van der Waals surface area (Å²) in [6.45, 7) is 1.94. The van der Waals surface area contributed by atoms with Crippen molar-refractivity contribution in [2.75, 3.05) is 5.43 Å². The van der Waals surface area contributed by atoms with Crippen LogP contribution in [0.1, 0.15) is 59.2 Å². The predicted octanol–water partition coefficient (Wildman–Crippen LogP) is 6.15. The lowest BCUT2D eigenvalue weighted by Crippen LogP contribution is -2.15. The number of carboxylic acid groups (broad SMARTS) is 1. The Morgan fingerprint density at radius 3 is 2.56 bits per heavy atom. The van der Waals surface area contributed by atoms with Crippen LogP contribution in [0, 0.1) is 12.8 Å². The highest BCUT2D eigenvalue weighted by Crippen LogP contribution is 2.46. The molecule has 172 valence electrons. The summed E-state index contributed by atoms with van der Waals surface area (Å²) in [5, 5.41) is 8.96. The van der Waals surface area contributed by atoms with Crippen molar-refractivity contribution in [3.63, 3.8) is 0 Å². The molecule has 0 saturated heterocycles. The zero-order valence-corrected chi connectivity index (χ0v) is 18.9. The van der Waals surface area contributed by atoms with E-state index in [1.165, 1.54) is 18.1 Å². The van der Waals surface area contributed by atoms with Gasteiger partial charge in [-0.25, -0.2) is 14.6 Å². The molecule has 0 bridgehead atoms. The van der Waals surface area contributed by atoms with Gasteiger partial charge in [0.1, 0.15) is 0 Å². The number of halogens is 1. The summed E-state index contributed by atoms with van der Waals surface area (Å²) in [6, 6.07) is 20.1. The molecular formula is C28H26FN3O2. The Kier molecular flexibility index (Phi) is 5.99. The Morgan fingerprint density at radius 2 is 1.88 bits per heavy atom. The van der Waals surface area contributed by atoms with Crippen molar-refractivity contribution in [1.82, 2.24) is 10.4 Å². The molecule has 0 amide bonds. The lowest BCUT2D eigenvalue weighted by Gasteiger charge is -2.32. The minimum absolute atomic E-state index is 0.411. The van der Waals surface area contributed by atoms with Crippen LogP contribution in [0.3, 0.4) is 0 Å². The van der Waals surface area contributed by atoms with E-state index < -0.39 is 12.3 Å². The molecule has 1 aliphatic carbocycles. The van der Waals surface area contributed by atoms with Crippen LogP contribution >= 0.6 is 0 Å². The largest absolute Gasteiger partial charge is 0.478 e. The number of fused-ring (bicyclic) bond motifs is 1. The van der Waals surface area contributed by atoms with E-state index >= 15 is 0 Å². The third-order valence-electron chi connectivity index (χ3n) is 6.59. The number of carboxylic acids is 1. The third kappa shape index (κ3) is 4.24. The first kappa shape index (κ1) is 22.0. The van der Waals surface area contributed by atoms with Gasteiger partial charge in [0.15, 0.2) is 6.30 Å². The monoisotopic (exact) mass is 455 g/mol. The van der Waals surface area contributed by atoms with Gasteiger partial charge in [0.25, 0.3) is 0 Å². The molecule has 1 atom stereocenters. The standard InChI is InChI=1S/C28H26FN3O2/c1-17-22(13-11-21(30-17)12-15-25(33)34)27(20-10-14-24-23(16-20)28(29)32-31-24)26(19-8-5-9-19)18-6-3-2-4-7-18/h2-4,6-7,10-16,19,28,31-32H,5,8-9H2,1H3,(H,33,34)/b15-12+,27-26+. The zero-order valence-electron chi connectivity index (χ0n) is 18.9. The Morgan fingerprint density at radius 1 is 1.09 bits per heavy atom. The molecule has 1 aliphatic heterocycles. The van der Waals surface area contributed by atoms with Gasteiger partial charge in [0.2, 0.25) is 0 Å². The Hall–Kier alpha value is -3.77. The van der Waals surface area contributed by atoms with Gasteiger partial charge in [-0.1, -0.05) is 48.9 Å². The Balaban J connectivity index is 1.74. The van der Waals surface area contributed by atoms with Crippen LogP contribution in [0.5, 0.6) is 0 Å². The molecule has 1 unspecified atom stereocenters. The number of benzene rings is 2. The second-order valence-electron chi connectivity index (χ2n) is 8.76. The number of allylic oxidation sites excluding steroid dienone is 1. The summed E-state index contributed by atoms with van der Waals surface area (Å²) in [5.41, 5.74) is 13.6. The smallest absolute Gasteiger partial charge is 0.328 e. The maximum Gasteiger partial charge on any atom is 0.328 e. The predicted molar refractivity (Wildman–Crippen MR) is 132 cm³/mol. The number of aryl methyl sites for hydroxylation is 1. The minimum atomic E-state index is -1.28. The van der Waals surface area contributed by atoms with Gasteiger partial charge >= 0.3 is 5.97 Å². The summed E-state index contributed by atoms with van der Waals surface area (Å²) in [4.78, 5) is 15.6. The minimum Gasteiger partial charge on any atom is -0.478 e. The van der Waals surface area contributed by atoms with Crippen LogP contribution in [0.4, 0.5) is 10.1 Å². The van der Waals surface area contributed by atoms with E-state index in [9.17, 15) is 9.18 Å². The van der Waals surface area contributed by atoms with Gasteiger partial charge < -0.3 is 10.5 Å². The number of aliphatic carboxylic acids is 1. The lowest BCUT2D eigenvalue weighted by atomic mass is 9.73. The van der Waals surface area contributed by atoms with E-state index in [1.54, 1.807) is 0 Å². The topological polar surface area (TPSA) is 74.2 Å². The molecule has 6 heteroatoms. The third-order valence-corrected chi connectivity index (χ3v) is 6.59. The number of carbonyl (C=O) groups is 1. The number of hydrazine groups is 1. The van der Waals surface area contributed by atoms with Crippen LogP contribution in [0.2, 0.25) is 0 Å². The quantitative estimate of drug-likeness (QED) is 0.236. The first-order valence-corrected chi connectivity index (χ1v) is 11.5. The molecule has 5 nitrogen and oxygen atoms in total. The fourth-order valence-corrected chi connectivity index (χ4v) is 4.71. The van der Waals surface area contributed by atoms with Crippen LogP contribution in [-0.4, -0.2) is 16.1 Å². The van der Waals surface area contributed by atoms with Gasteiger partial charge in [-0.05, 0) is 72.2 Å². The number of nitrogens with one attached hydrogen (secondary N) is 2. The highest BCUT2D eigenvalue weighted by molar-refractivity contribution is 6.00. The molecule has 3 N–H and O–H groups in total. The van der Waals surface area contributed by atoms with Crippen molar-refractivity contribution < 1.29 is 14.3 Å². The van der Waals surface area contributed by atoms with Gasteiger partial charge in [-0.15, -0.1) is 0 Å². The van der Waals surface area contributed by atoms with Crippen molar-refractivity contribution in [1.29, 1.82) is 0 Å². The van der Waals surface area contributed by atoms with Crippen molar-refractivity contribution in [2.24, 2.45) is 5.92 Å². The van der Waals surface area contributed by atoms with Crippen molar-refractivity contribution in [2.45, 2.75) is 32.5 Å². The van der Waals surface area contributed by atoms with Gasteiger partial charge in [0, 0.05) is 22.9 Å². The fraction of sp³-hybridized carbons (Fsp3) is 0.214. The highest BCUT2D eigenvalue weighted by Gasteiger charge is 2.29. The van der Waals surface area contributed by atoms with E-state index in [0.29, 0.717) is 17.2 Å². The number of aromatic nitrogens is 1. The average molecular weight is 456 g/mol. The number of hydrogen-bond acceptors (Lipinski definition) is 4. The molecule has 0 spiro atoms. The Labute approximate surface area is 198 Å². The summed E-state index contributed by atoms with van der Waals surface area (Å²) in [5.74, 6) is -0.601. The Bertz CT molecular complexity index is 1300. The van der Waals surface area contributed by atoms with Crippen LogP contribution < -0.4 is 10.9 Å². The molecule has 1 aromatic heterocycles. The maximum absolute atomic E-state index is 14.5. The van der Waals surface area contributed by atoms with E-state index in [0.717, 1.165) is 52.6 Å². The SMILES string of the molecule is Cc1nc(/C=C/C(=O)O)ccc1/C(=C(\c1ccccc1)C1CCC1)c1ccc2c(c1)C(F)NN2. The maximum atomic E-state index is 14.5. The van der Waals surface area contributed by atoms with Gasteiger partial charge in [0.05, 0.1) is 11.4 Å². The molecule has 2 aromatic carbocycles. The molecule has 0 radical (unpaired) electrons. The molecule has 3 aromatic rings. The number of alkyl halides is 1. The number of pyridine rings is 1. The first-order valence-electron chi connectivity index (χ1n) is 11.5. The summed E-state index contributed by atoms with van der Waals surface area (Å²) in [7, 11) is 0. The molecule has 2 heterocycles. The van der Waals surface area contributed by atoms with Crippen molar-refractivity contribution in [3.8, 4) is 0 Å². The normalized spacial score (nSPS) is 18.2. The molecule has 1 saturated carbocycles. The highest BCUT2D eigenvalue weighted by atomic mass is 19.1. The summed E-state index contributed by atoms with van der Waals surface area (Å²) < 4.78 is 14.5. The van der Waals surface area contributed by atoms with Gasteiger partial charge in [-0.3, -0.25) is 4.98 Å². The van der Waals surface area contributed by atoms with Gasteiger partial charge in [-0.2, -0.15) is 0 Å². The van der Waals surface area contributed by atoms with E-state index in [-0.39, 0.29) is 0 Å². The first-order chi connectivity index (χ1) is 16.5. The second kappa shape index (κ2) is 9.23. The van der Waals surface area contributed by atoms with Crippen molar-refractivity contribution in [3.05, 3.63) is 100 Å². The number of rotatable bonds is 6. The number of nitrogens with zero attached hydrogens (tertiary/aromatic N) is 1.